The number of imidazole rings is 1. The van der Waals surface area contributed by atoms with E-state index in [0.29, 0.717) is 11.8 Å². The van der Waals surface area contributed by atoms with Crippen LogP contribution < -0.4 is 5.73 Å². The highest BCUT2D eigenvalue weighted by molar-refractivity contribution is 7.99. The third-order valence-electron chi connectivity index (χ3n) is 4.96. The summed E-state index contributed by atoms with van der Waals surface area (Å²) in [5.74, 6) is -0.654. The molecule has 228 valence electrons. The monoisotopic (exact) mass is 701 g/mol. The van der Waals surface area contributed by atoms with Crippen molar-refractivity contribution in [2.75, 3.05) is 18.1 Å². The van der Waals surface area contributed by atoms with Crippen LogP contribution in [0.25, 0.3) is 11.2 Å². The number of aliphatic hydroxyl groups is 2. The van der Waals surface area contributed by atoms with Crippen LogP contribution in [0.15, 0.2) is 11.5 Å². The number of phosphoric ester groups is 1. The Labute approximate surface area is 235 Å². The number of phosphoric acid groups is 1. The fourth-order valence-electron chi connectivity index (χ4n) is 3.07. The zero-order valence-electron chi connectivity index (χ0n) is 19.1. The summed E-state index contributed by atoms with van der Waals surface area (Å²) in [6.45, 7) is -1.11. The average molecular weight is 702 g/mol. The van der Waals surface area contributed by atoms with Crippen LogP contribution >= 0.6 is 58.0 Å². The molecule has 8 N–H and O–H groups in total. The second-order valence-corrected chi connectivity index (χ2v) is 17.0. The van der Waals surface area contributed by atoms with Gasteiger partial charge < -0.3 is 40.3 Å². The summed E-state index contributed by atoms with van der Waals surface area (Å²) in [5.41, 5.74) is 5.65. The Bertz CT molecular complexity index is 1400. The molecule has 0 amide bonds. The van der Waals surface area contributed by atoms with Gasteiger partial charge >= 0.3 is 33.0 Å². The second-order valence-electron chi connectivity index (χ2n) is 7.90. The Morgan fingerprint density at radius 1 is 1.12 bits per heavy atom. The lowest BCUT2D eigenvalue weighted by Gasteiger charge is -2.26. The average Bonchev–Trinajstić information content (AvgIpc) is 3.31. The van der Waals surface area contributed by atoms with Gasteiger partial charge in [0.2, 0.25) is 0 Å². The minimum Gasteiger partial charge on any atom is -0.387 e. The largest absolute Gasteiger partial charge is 0.479 e. The molecule has 2 aromatic heterocycles. The van der Waals surface area contributed by atoms with E-state index in [0.717, 1.165) is 10.9 Å². The maximum absolute atomic E-state index is 12.5. The molecule has 0 aliphatic carbocycles. The van der Waals surface area contributed by atoms with Crippen molar-refractivity contribution >= 4 is 75.0 Å². The molecule has 0 saturated carbocycles. The van der Waals surface area contributed by atoms with Gasteiger partial charge in [-0.1, -0.05) is 35.0 Å². The van der Waals surface area contributed by atoms with Gasteiger partial charge in [-0.25, -0.2) is 23.8 Å². The van der Waals surface area contributed by atoms with Crippen LogP contribution in [0.5, 0.6) is 0 Å². The third-order valence-corrected chi connectivity index (χ3v) is 13.5. The Balaban J connectivity index is 1.75. The van der Waals surface area contributed by atoms with Crippen molar-refractivity contribution in [3.05, 3.63) is 6.33 Å². The van der Waals surface area contributed by atoms with E-state index < -0.39 is 76.3 Å². The Morgan fingerprint density at radius 2 is 1.75 bits per heavy atom. The first kappa shape index (κ1) is 33.9. The third kappa shape index (κ3) is 7.48. The number of hydrogen-bond donors (Lipinski definition) is 7. The highest BCUT2D eigenvalue weighted by Gasteiger charge is 2.62. The SMILES string of the molecule is Nc1nc(SCCC(F)(F)F)nc2c1ncn2[C@@H]1O[C@H](COP(=O)(O)OP(=O)(O)C(Cl)(Cl)P(=O)(O)O)[C@@H](O)[C@H]1O. The van der Waals surface area contributed by atoms with Crippen molar-refractivity contribution in [3.63, 3.8) is 0 Å². The number of rotatable bonds is 11. The number of nitrogens with zero attached hydrogens (tertiary/aromatic N) is 4. The molecule has 3 heterocycles. The number of alkyl halides is 5. The van der Waals surface area contributed by atoms with Crippen LogP contribution in [0, 0.1) is 0 Å². The van der Waals surface area contributed by atoms with E-state index in [1.807, 2.05) is 0 Å². The Hall–Kier alpha value is -0.600. The summed E-state index contributed by atoms with van der Waals surface area (Å²) in [4.78, 5) is 49.3. The zero-order chi connectivity index (χ0) is 30.5. The lowest BCUT2D eigenvalue weighted by atomic mass is 10.1. The number of nitrogen functional groups attached to an aromatic ring is 1. The molecule has 0 bridgehead atoms. The normalized spacial score (nSPS) is 25.7. The van der Waals surface area contributed by atoms with Gasteiger partial charge in [-0.05, 0) is 0 Å². The van der Waals surface area contributed by atoms with Crippen molar-refractivity contribution in [3.8, 4) is 0 Å². The highest BCUT2D eigenvalue weighted by Crippen LogP contribution is 2.79. The fraction of sp³-hybridized carbons (Fsp3) is 0.643. The molecule has 1 fully saturated rings. The van der Waals surface area contributed by atoms with Crippen molar-refractivity contribution in [2.45, 2.75) is 46.1 Å². The van der Waals surface area contributed by atoms with Crippen molar-refractivity contribution < 1.29 is 70.2 Å². The number of halogens is 5. The Morgan fingerprint density at radius 3 is 2.33 bits per heavy atom. The first-order valence-corrected chi connectivity index (χ1v) is 16.7. The highest BCUT2D eigenvalue weighted by atomic mass is 35.5. The molecule has 2 unspecified atom stereocenters. The van der Waals surface area contributed by atoms with Crippen LogP contribution in [0.2, 0.25) is 0 Å². The van der Waals surface area contributed by atoms with Gasteiger partial charge in [0.15, 0.2) is 22.8 Å². The molecule has 17 nitrogen and oxygen atoms in total. The molecule has 0 spiro atoms. The summed E-state index contributed by atoms with van der Waals surface area (Å²) >= 11 is 11.0. The minimum absolute atomic E-state index is 0.0344. The number of thioether (sulfide) groups is 1. The van der Waals surface area contributed by atoms with E-state index in [4.69, 9.17) is 43.5 Å². The summed E-state index contributed by atoms with van der Waals surface area (Å²) in [6.07, 6.45) is -11.3. The number of aromatic nitrogens is 4. The minimum atomic E-state index is -5.96. The van der Waals surface area contributed by atoms with Gasteiger partial charge in [0, 0.05) is 5.75 Å². The van der Waals surface area contributed by atoms with Crippen LogP contribution in [0.1, 0.15) is 12.6 Å². The van der Waals surface area contributed by atoms with Crippen LogP contribution in [-0.4, -0.2) is 90.0 Å². The lowest BCUT2D eigenvalue weighted by molar-refractivity contribution is -0.129. The summed E-state index contributed by atoms with van der Waals surface area (Å²) in [7, 11) is -17.4. The second kappa shape index (κ2) is 11.8. The molecule has 1 aliphatic heterocycles. The van der Waals surface area contributed by atoms with Crippen molar-refractivity contribution in [1.29, 1.82) is 0 Å². The predicted octanol–water partition coefficient (Wildman–Crippen LogP) is 1.66. The number of nitrogens with two attached hydrogens (primary N) is 1. The van der Waals surface area contributed by atoms with Gasteiger partial charge in [-0.3, -0.25) is 18.2 Å². The predicted molar refractivity (Wildman–Crippen MR) is 130 cm³/mol. The van der Waals surface area contributed by atoms with Crippen molar-refractivity contribution in [2.24, 2.45) is 0 Å². The number of ether oxygens (including phenoxy) is 1. The molecular formula is C14H19Cl2F3N5O12P3S. The number of hydrogen-bond acceptors (Lipinski definition) is 13. The molecule has 0 radical (unpaired) electrons. The van der Waals surface area contributed by atoms with Gasteiger partial charge in [0.1, 0.15) is 23.8 Å². The number of anilines is 1. The number of aliphatic hydroxyl groups excluding tert-OH is 2. The van der Waals surface area contributed by atoms with E-state index in [2.05, 4.69) is 23.8 Å². The van der Waals surface area contributed by atoms with E-state index in [1.165, 1.54) is 0 Å². The maximum atomic E-state index is 12.5. The topological polar surface area (TPSA) is 270 Å². The quantitative estimate of drug-likeness (QED) is 0.0759. The molecule has 0 aromatic carbocycles. The smallest absolute Gasteiger partial charge is 0.387 e. The molecule has 26 heteroatoms. The van der Waals surface area contributed by atoms with E-state index in [9.17, 15) is 46.9 Å². The fourth-order valence-corrected chi connectivity index (χ4v) is 8.13. The molecule has 1 saturated heterocycles. The first-order chi connectivity index (χ1) is 18.1. The number of fused-ring (bicyclic) bond motifs is 1. The zero-order valence-corrected chi connectivity index (χ0v) is 24.2. The van der Waals surface area contributed by atoms with Crippen LogP contribution in [0.4, 0.5) is 19.0 Å². The summed E-state index contributed by atoms with van der Waals surface area (Å²) in [6, 6.07) is 0. The molecule has 3 rings (SSSR count). The molecule has 1 aliphatic rings. The van der Waals surface area contributed by atoms with Crippen LogP contribution in [-0.2, 0) is 27.3 Å². The van der Waals surface area contributed by atoms with Crippen LogP contribution in [0.3, 0.4) is 0 Å². The maximum Gasteiger partial charge on any atom is 0.479 e. The first-order valence-electron chi connectivity index (χ1n) is 10.2. The van der Waals surface area contributed by atoms with E-state index in [1.54, 1.807) is 0 Å². The summed E-state index contributed by atoms with van der Waals surface area (Å²) < 4.78 is 83.9. The molecule has 6 atom stereocenters. The van der Waals surface area contributed by atoms with Gasteiger partial charge in [0.25, 0.3) is 0 Å². The van der Waals surface area contributed by atoms with Crippen molar-refractivity contribution in [1.82, 2.24) is 19.5 Å². The summed E-state index contributed by atoms with van der Waals surface area (Å²) in [5, 5.41) is 20.7. The Kier molecular flexibility index (Phi) is 10.0. The van der Waals surface area contributed by atoms with E-state index in [-0.39, 0.29) is 22.1 Å². The molecule has 2 aromatic rings. The van der Waals surface area contributed by atoms with E-state index >= 15 is 0 Å². The van der Waals surface area contributed by atoms with Gasteiger partial charge in [0.05, 0.1) is 19.4 Å². The lowest BCUT2D eigenvalue weighted by Crippen LogP contribution is -2.33. The van der Waals surface area contributed by atoms with Gasteiger partial charge in [-0.15, -0.1) is 0 Å². The van der Waals surface area contributed by atoms with Gasteiger partial charge in [-0.2, -0.15) is 13.2 Å². The molecule has 40 heavy (non-hydrogen) atoms. The molecular weight excluding hydrogens is 683 g/mol. The standard InChI is InChI=1S/C14H19Cl2F3N5O12P3S/c15-14(16,37(27,28)29)38(30,31)36-39(32,33)34-3-5-7(25)8(26)11(35-5)24-4-21-6-9(20)22-12(23-10(6)24)40-2-1-13(17,18)19/h4-5,7-8,11,25-26H,1-3H2,(H,30,31)(H,32,33)(H2,20,22,23)(H2,27,28,29)/t5-,7-,8-,11-/m1/s1.